The van der Waals surface area contributed by atoms with Crippen LogP contribution < -0.4 is 10.9 Å². The summed E-state index contributed by atoms with van der Waals surface area (Å²) < 4.78 is 0. The SMILES string of the molecule is CCc1sc(C(=O)NNC(=O)CSc2cccc3cccnc23)cc1C. The van der Waals surface area contributed by atoms with Crippen molar-refractivity contribution in [3.8, 4) is 0 Å². The van der Waals surface area contributed by atoms with E-state index in [-0.39, 0.29) is 17.6 Å². The van der Waals surface area contributed by atoms with Crippen molar-refractivity contribution in [1.82, 2.24) is 15.8 Å². The van der Waals surface area contributed by atoms with E-state index in [4.69, 9.17) is 0 Å². The highest BCUT2D eigenvalue weighted by atomic mass is 32.2. The Morgan fingerprint density at radius 2 is 2.00 bits per heavy atom. The Labute approximate surface area is 160 Å². The summed E-state index contributed by atoms with van der Waals surface area (Å²) in [6.45, 7) is 4.04. The van der Waals surface area contributed by atoms with Gasteiger partial charge in [-0.15, -0.1) is 23.1 Å². The van der Waals surface area contributed by atoms with Crippen molar-refractivity contribution < 1.29 is 9.59 Å². The average Bonchev–Trinajstić information content (AvgIpc) is 3.05. The van der Waals surface area contributed by atoms with Gasteiger partial charge in [-0.2, -0.15) is 0 Å². The van der Waals surface area contributed by atoms with Crippen molar-refractivity contribution >= 4 is 45.8 Å². The van der Waals surface area contributed by atoms with Gasteiger partial charge in [0.15, 0.2) is 0 Å². The smallest absolute Gasteiger partial charge is 0.272 e. The monoisotopic (exact) mass is 385 g/mol. The van der Waals surface area contributed by atoms with Gasteiger partial charge in [-0.1, -0.05) is 25.1 Å². The predicted octanol–water partition coefficient (Wildman–Crippen LogP) is 3.72. The first-order chi connectivity index (χ1) is 12.6. The molecule has 0 spiro atoms. The van der Waals surface area contributed by atoms with Crippen molar-refractivity contribution in [3.05, 3.63) is 57.9 Å². The Hall–Kier alpha value is -2.38. The second-order valence-corrected chi connectivity index (χ2v) is 7.85. The Morgan fingerprint density at radius 1 is 1.19 bits per heavy atom. The van der Waals surface area contributed by atoms with Gasteiger partial charge in [0.25, 0.3) is 5.91 Å². The minimum absolute atomic E-state index is 0.194. The molecule has 3 aromatic rings. The molecule has 2 N–H and O–H groups in total. The number of hydrazine groups is 1. The van der Waals surface area contributed by atoms with Crippen LogP contribution >= 0.6 is 23.1 Å². The van der Waals surface area contributed by atoms with Gasteiger partial charge in [0.1, 0.15) is 0 Å². The minimum Gasteiger partial charge on any atom is -0.272 e. The molecule has 5 nitrogen and oxygen atoms in total. The third-order valence-electron chi connectivity index (χ3n) is 3.84. The molecule has 1 aromatic carbocycles. The maximum absolute atomic E-state index is 12.1. The minimum atomic E-state index is -0.289. The summed E-state index contributed by atoms with van der Waals surface area (Å²) in [7, 11) is 0. The molecule has 0 aliphatic rings. The number of nitrogens with zero attached hydrogens (tertiary/aromatic N) is 1. The second-order valence-electron chi connectivity index (χ2n) is 5.69. The van der Waals surface area contributed by atoms with Crippen LogP contribution in [-0.2, 0) is 11.2 Å². The molecule has 2 heterocycles. The highest BCUT2D eigenvalue weighted by molar-refractivity contribution is 8.00. The summed E-state index contributed by atoms with van der Waals surface area (Å²) in [5.74, 6) is -0.358. The van der Waals surface area contributed by atoms with Crippen LogP contribution in [0.5, 0.6) is 0 Å². The first kappa shape index (κ1) is 18.4. The number of rotatable bonds is 5. The number of para-hydroxylation sites is 1. The van der Waals surface area contributed by atoms with Crippen LogP contribution in [0.3, 0.4) is 0 Å². The number of thiophene rings is 1. The summed E-state index contributed by atoms with van der Waals surface area (Å²) in [6.07, 6.45) is 2.63. The van der Waals surface area contributed by atoms with Gasteiger partial charge in [0, 0.05) is 21.4 Å². The van der Waals surface area contributed by atoms with Crippen LogP contribution in [0.4, 0.5) is 0 Å². The van der Waals surface area contributed by atoms with E-state index < -0.39 is 0 Å². The number of fused-ring (bicyclic) bond motifs is 1. The number of hydrogen-bond acceptors (Lipinski definition) is 5. The molecule has 0 saturated carbocycles. The molecule has 0 aliphatic carbocycles. The molecule has 0 radical (unpaired) electrons. The maximum Gasteiger partial charge on any atom is 0.279 e. The molecule has 2 aromatic heterocycles. The van der Waals surface area contributed by atoms with E-state index in [2.05, 4.69) is 22.8 Å². The van der Waals surface area contributed by atoms with Crippen molar-refractivity contribution in [2.45, 2.75) is 25.2 Å². The molecule has 2 amide bonds. The van der Waals surface area contributed by atoms with E-state index in [1.54, 1.807) is 6.20 Å². The Balaban J connectivity index is 1.54. The number of nitrogens with one attached hydrogen (secondary N) is 2. The highest BCUT2D eigenvalue weighted by Crippen LogP contribution is 2.26. The van der Waals surface area contributed by atoms with Gasteiger partial charge in [-0.3, -0.25) is 25.4 Å². The van der Waals surface area contributed by atoms with Gasteiger partial charge in [-0.25, -0.2) is 0 Å². The van der Waals surface area contributed by atoms with Crippen LogP contribution in [0.15, 0.2) is 47.5 Å². The summed E-state index contributed by atoms with van der Waals surface area (Å²) >= 11 is 2.85. The van der Waals surface area contributed by atoms with Gasteiger partial charge < -0.3 is 0 Å². The zero-order chi connectivity index (χ0) is 18.5. The molecule has 0 bridgehead atoms. The van der Waals surface area contributed by atoms with E-state index >= 15 is 0 Å². The van der Waals surface area contributed by atoms with Crippen LogP contribution in [0.1, 0.15) is 27.0 Å². The number of thioether (sulfide) groups is 1. The van der Waals surface area contributed by atoms with Crippen LogP contribution in [0, 0.1) is 6.92 Å². The lowest BCUT2D eigenvalue weighted by molar-refractivity contribution is -0.119. The standard InChI is InChI=1S/C19H19N3O2S2/c1-3-14-12(2)10-16(26-14)19(24)22-21-17(23)11-25-15-8-4-6-13-7-5-9-20-18(13)15/h4-10H,3,11H2,1-2H3,(H,21,23)(H,22,24). The normalized spacial score (nSPS) is 10.7. The summed E-state index contributed by atoms with van der Waals surface area (Å²) in [4.78, 5) is 31.3. The van der Waals surface area contributed by atoms with Crippen LogP contribution in [0.2, 0.25) is 0 Å². The van der Waals surface area contributed by atoms with Crippen molar-refractivity contribution in [1.29, 1.82) is 0 Å². The molecule has 0 unspecified atom stereocenters. The molecule has 26 heavy (non-hydrogen) atoms. The molecule has 134 valence electrons. The number of carbonyl (C=O) groups is 2. The number of amides is 2. The molecule has 7 heteroatoms. The largest absolute Gasteiger partial charge is 0.279 e. The van der Waals surface area contributed by atoms with Gasteiger partial charge in [-0.05, 0) is 37.1 Å². The number of aryl methyl sites for hydroxylation is 2. The van der Waals surface area contributed by atoms with Crippen LogP contribution in [0.25, 0.3) is 10.9 Å². The second kappa shape index (κ2) is 8.33. The Morgan fingerprint density at radius 3 is 2.77 bits per heavy atom. The quantitative estimate of drug-likeness (QED) is 0.519. The van der Waals surface area contributed by atoms with Gasteiger partial charge in [0.2, 0.25) is 5.91 Å². The van der Waals surface area contributed by atoms with E-state index in [0.717, 1.165) is 27.8 Å². The number of aromatic nitrogens is 1. The van der Waals surface area contributed by atoms with Gasteiger partial charge in [0.05, 0.1) is 16.1 Å². The summed E-state index contributed by atoms with van der Waals surface area (Å²) in [6, 6.07) is 11.6. The third kappa shape index (κ3) is 4.23. The number of pyridine rings is 1. The third-order valence-corrected chi connectivity index (χ3v) is 6.26. The number of benzene rings is 1. The fourth-order valence-corrected chi connectivity index (χ4v) is 4.39. The topological polar surface area (TPSA) is 71.1 Å². The average molecular weight is 386 g/mol. The van der Waals surface area contributed by atoms with Gasteiger partial charge >= 0.3 is 0 Å². The number of carbonyl (C=O) groups excluding carboxylic acids is 2. The van der Waals surface area contributed by atoms with E-state index in [9.17, 15) is 9.59 Å². The van der Waals surface area contributed by atoms with Crippen molar-refractivity contribution in [2.24, 2.45) is 0 Å². The molecule has 3 rings (SSSR count). The molecule has 0 atom stereocenters. The Kier molecular flexibility index (Phi) is 5.90. The summed E-state index contributed by atoms with van der Waals surface area (Å²) in [5.41, 5.74) is 6.93. The predicted molar refractivity (Wildman–Crippen MR) is 107 cm³/mol. The molecule has 0 aliphatic heterocycles. The Bertz CT molecular complexity index is 948. The zero-order valence-electron chi connectivity index (χ0n) is 14.5. The zero-order valence-corrected chi connectivity index (χ0v) is 16.2. The van der Waals surface area contributed by atoms with Crippen LogP contribution in [-0.4, -0.2) is 22.6 Å². The molecular formula is C19H19N3O2S2. The lowest BCUT2D eigenvalue weighted by atomic mass is 10.2. The fraction of sp³-hybridized carbons (Fsp3) is 0.211. The lowest BCUT2D eigenvalue weighted by Crippen LogP contribution is -2.42. The molecule has 0 saturated heterocycles. The first-order valence-corrected chi connectivity index (χ1v) is 10.0. The van der Waals surface area contributed by atoms with E-state index in [1.807, 2.05) is 43.3 Å². The van der Waals surface area contributed by atoms with E-state index in [1.165, 1.54) is 28.0 Å². The molecule has 0 fully saturated rings. The lowest BCUT2D eigenvalue weighted by Gasteiger charge is -2.07. The van der Waals surface area contributed by atoms with Crippen molar-refractivity contribution in [3.63, 3.8) is 0 Å². The maximum atomic E-state index is 12.1. The summed E-state index contributed by atoms with van der Waals surface area (Å²) in [5, 5.41) is 1.03. The fourth-order valence-electron chi connectivity index (χ4n) is 2.54. The molecular weight excluding hydrogens is 366 g/mol. The highest BCUT2D eigenvalue weighted by Gasteiger charge is 2.13. The van der Waals surface area contributed by atoms with Crippen molar-refractivity contribution in [2.75, 3.05) is 5.75 Å². The van der Waals surface area contributed by atoms with E-state index in [0.29, 0.717) is 4.88 Å². The number of hydrogen-bond donors (Lipinski definition) is 2. The first-order valence-electron chi connectivity index (χ1n) is 8.23.